The van der Waals surface area contributed by atoms with Gasteiger partial charge >= 0.3 is 0 Å². The number of anilines is 1. The Labute approximate surface area is 136 Å². The van der Waals surface area contributed by atoms with Crippen LogP contribution in [0.2, 0.25) is 10.0 Å². The topological polar surface area (TPSA) is 29.9 Å². The first-order chi connectivity index (χ1) is 9.81. The molecule has 0 aliphatic rings. The lowest BCUT2D eigenvalue weighted by Crippen LogP contribution is -2.09. The number of hydrogen-bond acceptors (Lipinski definition) is 2. The molecule has 0 fully saturated rings. The van der Waals surface area contributed by atoms with E-state index in [0.29, 0.717) is 16.1 Å². The van der Waals surface area contributed by atoms with Crippen LogP contribution in [0.15, 0.2) is 18.2 Å². The van der Waals surface area contributed by atoms with Crippen LogP contribution in [0, 0.1) is 13.8 Å². The van der Waals surface area contributed by atoms with E-state index in [9.17, 15) is 0 Å². The van der Waals surface area contributed by atoms with E-state index in [1.807, 2.05) is 29.8 Å². The van der Waals surface area contributed by atoms with Gasteiger partial charge in [-0.15, -0.1) is 0 Å². The van der Waals surface area contributed by atoms with Crippen molar-refractivity contribution < 1.29 is 0 Å². The normalized spacial score (nSPS) is 12.8. The molecule has 114 valence electrons. The van der Waals surface area contributed by atoms with Crippen LogP contribution in [0.5, 0.6) is 0 Å². The predicted octanol–water partition coefficient (Wildman–Crippen LogP) is 5.56. The third-order valence-electron chi connectivity index (χ3n) is 3.62. The first kappa shape index (κ1) is 16.2. The lowest BCUT2D eigenvalue weighted by atomic mass is 10.1. The van der Waals surface area contributed by atoms with Gasteiger partial charge in [0.05, 0.1) is 27.1 Å². The smallest absolute Gasteiger partial charge is 0.0828 e. The summed E-state index contributed by atoms with van der Waals surface area (Å²) in [5, 5.41) is 9.28. The van der Waals surface area contributed by atoms with Gasteiger partial charge in [-0.05, 0) is 52.3 Å². The minimum atomic E-state index is 0.127. The summed E-state index contributed by atoms with van der Waals surface area (Å²) >= 11 is 12.1. The van der Waals surface area contributed by atoms with E-state index in [4.69, 9.17) is 23.2 Å². The van der Waals surface area contributed by atoms with Gasteiger partial charge in [-0.2, -0.15) is 5.10 Å². The lowest BCUT2D eigenvalue weighted by molar-refractivity contribution is 0.516. The Morgan fingerprint density at radius 3 is 2.29 bits per heavy atom. The summed E-state index contributed by atoms with van der Waals surface area (Å²) in [4.78, 5) is 0. The van der Waals surface area contributed by atoms with Crippen molar-refractivity contribution in [1.29, 1.82) is 0 Å². The van der Waals surface area contributed by atoms with Crippen LogP contribution in [-0.2, 0) is 0 Å². The molecule has 1 unspecified atom stereocenters. The summed E-state index contributed by atoms with van der Waals surface area (Å²) in [5.41, 5.74) is 4.34. The number of hydrogen-bond donors (Lipinski definition) is 1. The Balaban J connectivity index is 2.27. The van der Waals surface area contributed by atoms with Crippen molar-refractivity contribution in [3.05, 3.63) is 45.2 Å². The second-order valence-corrected chi connectivity index (χ2v) is 6.44. The Kier molecular flexibility index (Phi) is 4.84. The zero-order chi connectivity index (χ0) is 15.7. The SMILES string of the molecule is Cc1nn(C(C)C)c(C)c1NC(C)c1ccc(Cl)c(Cl)c1. The molecule has 1 atom stereocenters. The van der Waals surface area contributed by atoms with Crippen molar-refractivity contribution in [2.45, 2.75) is 46.7 Å². The summed E-state index contributed by atoms with van der Waals surface area (Å²) < 4.78 is 2.04. The van der Waals surface area contributed by atoms with Crippen LogP contribution in [0.3, 0.4) is 0 Å². The highest BCUT2D eigenvalue weighted by Gasteiger charge is 2.16. The van der Waals surface area contributed by atoms with Gasteiger partial charge in [0, 0.05) is 12.1 Å². The van der Waals surface area contributed by atoms with Crippen LogP contribution >= 0.6 is 23.2 Å². The van der Waals surface area contributed by atoms with Crippen LogP contribution < -0.4 is 5.32 Å². The summed E-state index contributed by atoms with van der Waals surface area (Å²) in [6, 6.07) is 6.19. The van der Waals surface area contributed by atoms with Gasteiger partial charge in [-0.25, -0.2) is 0 Å². The van der Waals surface area contributed by atoms with Gasteiger partial charge in [0.1, 0.15) is 0 Å². The number of aromatic nitrogens is 2. The standard InChI is InChI=1S/C16H21Cl2N3/c1-9(2)21-12(5)16(11(4)20-21)19-10(3)13-6-7-14(17)15(18)8-13/h6-10,19H,1-5H3. The van der Waals surface area contributed by atoms with E-state index < -0.39 is 0 Å². The molecule has 0 saturated heterocycles. The monoisotopic (exact) mass is 325 g/mol. The molecule has 3 nitrogen and oxygen atoms in total. The highest BCUT2D eigenvalue weighted by molar-refractivity contribution is 6.42. The molecule has 5 heteroatoms. The average molecular weight is 326 g/mol. The molecular weight excluding hydrogens is 305 g/mol. The van der Waals surface area contributed by atoms with Crippen LogP contribution in [0.1, 0.15) is 49.8 Å². The summed E-state index contributed by atoms with van der Waals surface area (Å²) in [6.07, 6.45) is 0. The van der Waals surface area contributed by atoms with Gasteiger partial charge in [0.15, 0.2) is 0 Å². The van der Waals surface area contributed by atoms with E-state index >= 15 is 0 Å². The fraction of sp³-hybridized carbons (Fsp3) is 0.438. The van der Waals surface area contributed by atoms with E-state index in [-0.39, 0.29) is 6.04 Å². The maximum absolute atomic E-state index is 6.09. The molecule has 0 radical (unpaired) electrons. The van der Waals surface area contributed by atoms with Crippen LogP contribution in [0.25, 0.3) is 0 Å². The van der Waals surface area contributed by atoms with Crippen molar-refractivity contribution in [1.82, 2.24) is 9.78 Å². The minimum absolute atomic E-state index is 0.127. The zero-order valence-corrected chi connectivity index (χ0v) is 14.5. The Hall–Kier alpha value is -1.19. The first-order valence-corrected chi connectivity index (χ1v) is 7.84. The van der Waals surface area contributed by atoms with Crippen LogP contribution in [-0.4, -0.2) is 9.78 Å². The van der Waals surface area contributed by atoms with Gasteiger partial charge in [0.25, 0.3) is 0 Å². The molecule has 0 aliphatic carbocycles. The molecule has 0 spiro atoms. The molecule has 0 amide bonds. The van der Waals surface area contributed by atoms with E-state index in [0.717, 1.165) is 22.6 Å². The number of benzene rings is 1. The number of rotatable bonds is 4. The maximum Gasteiger partial charge on any atom is 0.0828 e. The van der Waals surface area contributed by atoms with E-state index in [1.165, 1.54) is 0 Å². The number of nitrogens with one attached hydrogen (secondary N) is 1. The van der Waals surface area contributed by atoms with Gasteiger partial charge in [-0.1, -0.05) is 29.3 Å². The second-order valence-electron chi connectivity index (χ2n) is 5.62. The molecule has 1 heterocycles. The molecule has 0 saturated carbocycles. The maximum atomic E-state index is 6.09. The molecule has 2 aromatic rings. The average Bonchev–Trinajstić information content (AvgIpc) is 2.70. The summed E-state index contributed by atoms with van der Waals surface area (Å²) in [6.45, 7) is 10.5. The largest absolute Gasteiger partial charge is 0.376 e. The van der Waals surface area contributed by atoms with Gasteiger partial charge in [-0.3, -0.25) is 4.68 Å². The zero-order valence-electron chi connectivity index (χ0n) is 13.0. The molecule has 0 aliphatic heterocycles. The van der Waals surface area contributed by atoms with Gasteiger partial charge < -0.3 is 5.32 Å². The highest BCUT2D eigenvalue weighted by Crippen LogP contribution is 2.30. The lowest BCUT2D eigenvalue weighted by Gasteiger charge is -2.17. The number of aryl methyl sites for hydroxylation is 1. The number of nitrogens with zero attached hydrogens (tertiary/aromatic N) is 2. The molecular formula is C16H21Cl2N3. The molecule has 21 heavy (non-hydrogen) atoms. The summed E-state index contributed by atoms with van der Waals surface area (Å²) in [5.74, 6) is 0. The minimum Gasteiger partial charge on any atom is -0.376 e. The Bertz CT molecular complexity index is 647. The fourth-order valence-corrected chi connectivity index (χ4v) is 2.76. The third-order valence-corrected chi connectivity index (χ3v) is 4.36. The molecule has 2 rings (SSSR count). The van der Waals surface area contributed by atoms with Crippen molar-refractivity contribution >= 4 is 28.9 Å². The number of halogens is 2. The molecule has 1 aromatic heterocycles. The predicted molar refractivity (Wildman–Crippen MR) is 90.6 cm³/mol. The quantitative estimate of drug-likeness (QED) is 0.797. The van der Waals surface area contributed by atoms with Crippen molar-refractivity contribution in [2.24, 2.45) is 0 Å². The van der Waals surface area contributed by atoms with Crippen molar-refractivity contribution in [2.75, 3.05) is 5.32 Å². The first-order valence-electron chi connectivity index (χ1n) is 7.08. The van der Waals surface area contributed by atoms with E-state index in [1.54, 1.807) is 0 Å². The van der Waals surface area contributed by atoms with Crippen molar-refractivity contribution in [3.63, 3.8) is 0 Å². The third kappa shape index (κ3) is 3.35. The van der Waals surface area contributed by atoms with Gasteiger partial charge in [0.2, 0.25) is 0 Å². The van der Waals surface area contributed by atoms with Crippen molar-refractivity contribution in [3.8, 4) is 0 Å². The Morgan fingerprint density at radius 2 is 1.76 bits per heavy atom. The fourth-order valence-electron chi connectivity index (χ4n) is 2.46. The van der Waals surface area contributed by atoms with E-state index in [2.05, 4.69) is 38.1 Å². The highest BCUT2D eigenvalue weighted by atomic mass is 35.5. The summed E-state index contributed by atoms with van der Waals surface area (Å²) in [7, 11) is 0. The molecule has 0 bridgehead atoms. The van der Waals surface area contributed by atoms with Crippen LogP contribution in [0.4, 0.5) is 5.69 Å². The Morgan fingerprint density at radius 1 is 1.10 bits per heavy atom. The second kappa shape index (κ2) is 6.29. The molecule has 1 N–H and O–H groups in total. The molecule has 1 aromatic carbocycles.